The highest BCUT2D eigenvalue weighted by Crippen LogP contribution is 2.32. The minimum Gasteiger partial charge on any atom is -0.461 e. The van der Waals surface area contributed by atoms with Crippen molar-refractivity contribution in [3.63, 3.8) is 0 Å². The fraction of sp³-hybridized carbons (Fsp3) is 0.0476. The molecule has 6 heteroatoms. The number of aryl methyl sites for hydroxylation is 1. The highest BCUT2D eigenvalue weighted by Gasteiger charge is 2.23. The Balaban J connectivity index is 1.88. The number of fused-ring (bicyclic) bond motifs is 1. The average molecular weight is 364 g/mol. The quantitative estimate of drug-likeness (QED) is 0.492. The molecule has 0 aliphatic carbocycles. The van der Waals surface area contributed by atoms with Crippen LogP contribution in [-0.4, -0.2) is 5.97 Å². The van der Waals surface area contributed by atoms with Gasteiger partial charge in [0.1, 0.15) is 11.4 Å². The van der Waals surface area contributed by atoms with Gasteiger partial charge >= 0.3 is 5.97 Å². The molecule has 0 N–H and O–H groups in total. The van der Waals surface area contributed by atoms with Crippen molar-refractivity contribution in [1.82, 2.24) is 0 Å². The molecular formula is C21H13FO5. The molecule has 4 aromatic rings. The summed E-state index contributed by atoms with van der Waals surface area (Å²) < 4.78 is 29.5. The van der Waals surface area contributed by atoms with E-state index in [2.05, 4.69) is 0 Å². The van der Waals surface area contributed by atoms with Crippen molar-refractivity contribution in [3.8, 4) is 17.3 Å². The second-order valence-electron chi connectivity index (χ2n) is 5.96. The Morgan fingerprint density at radius 1 is 1.07 bits per heavy atom. The van der Waals surface area contributed by atoms with E-state index in [1.807, 2.05) is 6.92 Å². The van der Waals surface area contributed by atoms with E-state index in [4.69, 9.17) is 13.6 Å². The predicted molar refractivity (Wildman–Crippen MR) is 96.3 cm³/mol. The van der Waals surface area contributed by atoms with Crippen LogP contribution in [0.3, 0.4) is 0 Å². The number of carbonyl (C=O) groups is 1. The number of furan rings is 1. The Kier molecular flexibility index (Phi) is 4.08. The number of carbonyl (C=O) groups excluding carboxylic acids is 1. The molecular weight excluding hydrogens is 351 g/mol. The molecule has 4 rings (SSSR count). The minimum absolute atomic E-state index is 0.0109. The van der Waals surface area contributed by atoms with Gasteiger partial charge in [0, 0.05) is 0 Å². The van der Waals surface area contributed by atoms with Gasteiger partial charge in [-0.1, -0.05) is 11.6 Å². The van der Waals surface area contributed by atoms with Crippen molar-refractivity contribution in [2.75, 3.05) is 0 Å². The molecule has 0 bridgehead atoms. The van der Waals surface area contributed by atoms with Crippen LogP contribution in [0.2, 0.25) is 0 Å². The molecule has 0 radical (unpaired) electrons. The summed E-state index contributed by atoms with van der Waals surface area (Å²) in [6, 6.07) is 13.2. The van der Waals surface area contributed by atoms with Gasteiger partial charge in [-0.25, -0.2) is 9.18 Å². The molecule has 2 heterocycles. The first kappa shape index (κ1) is 16.8. The fourth-order valence-corrected chi connectivity index (χ4v) is 2.69. The number of benzene rings is 2. The molecule has 0 saturated carbocycles. The summed E-state index contributed by atoms with van der Waals surface area (Å²) >= 11 is 0. The van der Waals surface area contributed by atoms with Crippen molar-refractivity contribution < 1.29 is 22.8 Å². The van der Waals surface area contributed by atoms with Gasteiger partial charge in [0.2, 0.25) is 16.9 Å². The van der Waals surface area contributed by atoms with E-state index in [9.17, 15) is 14.0 Å². The van der Waals surface area contributed by atoms with Crippen LogP contribution in [0.5, 0.6) is 5.75 Å². The summed E-state index contributed by atoms with van der Waals surface area (Å²) in [6.45, 7) is 1.84. The van der Waals surface area contributed by atoms with Crippen LogP contribution in [0.1, 0.15) is 15.9 Å². The van der Waals surface area contributed by atoms with E-state index < -0.39 is 17.2 Å². The van der Waals surface area contributed by atoms with Gasteiger partial charge in [0.15, 0.2) is 5.76 Å². The Morgan fingerprint density at radius 2 is 1.85 bits per heavy atom. The number of hydrogen-bond acceptors (Lipinski definition) is 5. The maximum absolute atomic E-state index is 13.1. The van der Waals surface area contributed by atoms with E-state index in [1.165, 1.54) is 18.4 Å². The zero-order chi connectivity index (χ0) is 19.0. The third kappa shape index (κ3) is 3.13. The van der Waals surface area contributed by atoms with Gasteiger partial charge < -0.3 is 13.6 Å². The van der Waals surface area contributed by atoms with E-state index in [1.54, 1.807) is 30.3 Å². The highest BCUT2D eigenvalue weighted by atomic mass is 19.1. The maximum atomic E-state index is 13.1. The smallest absolute Gasteiger partial charge is 0.343 e. The highest BCUT2D eigenvalue weighted by molar-refractivity contribution is 5.92. The Bertz CT molecular complexity index is 1190. The Labute approximate surface area is 152 Å². The van der Waals surface area contributed by atoms with E-state index >= 15 is 0 Å². The monoisotopic (exact) mass is 364 g/mol. The second kappa shape index (κ2) is 6.57. The number of esters is 1. The van der Waals surface area contributed by atoms with E-state index in [0.717, 1.165) is 17.7 Å². The zero-order valence-electron chi connectivity index (χ0n) is 14.2. The molecule has 5 nitrogen and oxygen atoms in total. The van der Waals surface area contributed by atoms with Crippen LogP contribution in [-0.2, 0) is 0 Å². The van der Waals surface area contributed by atoms with Crippen molar-refractivity contribution in [3.05, 3.63) is 88.0 Å². The normalized spacial score (nSPS) is 10.9. The van der Waals surface area contributed by atoms with E-state index in [0.29, 0.717) is 5.58 Å². The summed E-state index contributed by atoms with van der Waals surface area (Å²) in [7, 11) is 0. The van der Waals surface area contributed by atoms with Gasteiger partial charge in [0.25, 0.3) is 0 Å². The fourth-order valence-electron chi connectivity index (χ4n) is 2.69. The molecule has 0 aliphatic rings. The maximum Gasteiger partial charge on any atom is 0.343 e. The van der Waals surface area contributed by atoms with Crippen molar-refractivity contribution >= 4 is 16.9 Å². The molecule has 0 aliphatic heterocycles. The molecule has 0 amide bonds. The van der Waals surface area contributed by atoms with Crippen molar-refractivity contribution in [1.29, 1.82) is 0 Å². The average Bonchev–Trinajstić information content (AvgIpc) is 3.19. The van der Waals surface area contributed by atoms with Crippen LogP contribution in [0, 0.1) is 12.7 Å². The number of hydrogen-bond donors (Lipinski definition) is 0. The van der Waals surface area contributed by atoms with E-state index in [-0.39, 0.29) is 28.2 Å². The van der Waals surface area contributed by atoms with Crippen molar-refractivity contribution in [2.45, 2.75) is 6.92 Å². The van der Waals surface area contributed by atoms with Crippen molar-refractivity contribution in [2.24, 2.45) is 0 Å². The Hall–Kier alpha value is -3.67. The van der Waals surface area contributed by atoms with Gasteiger partial charge in [-0.05, 0) is 55.5 Å². The standard InChI is InChI=1S/C21H13FO5/c1-12-4-9-16-15(11-12)18(23)20(19(26-16)17-3-2-10-25-17)27-21(24)13-5-7-14(22)8-6-13/h2-11H,1H3. The summed E-state index contributed by atoms with van der Waals surface area (Å²) in [5.41, 5.74) is 0.808. The lowest BCUT2D eigenvalue weighted by Gasteiger charge is -2.09. The molecule has 27 heavy (non-hydrogen) atoms. The molecule has 2 aromatic carbocycles. The Morgan fingerprint density at radius 3 is 2.56 bits per heavy atom. The summed E-state index contributed by atoms with van der Waals surface area (Å²) in [5.74, 6) is -1.31. The predicted octanol–water partition coefficient (Wildman–Crippen LogP) is 4.72. The van der Waals surface area contributed by atoms with Gasteiger partial charge in [0.05, 0.1) is 17.2 Å². The lowest BCUT2D eigenvalue weighted by atomic mass is 10.1. The topological polar surface area (TPSA) is 69.7 Å². The third-order valence-corrected chi connectivity index (χ3v) is 4.02. The first-order chi connectivity index (χ1) is 13.0. The lowest BCUT2D eigenvalue weighted by Crippen LogP contribution is -2.16. The molecule has 0 saturated heterocycles. The molecule has 0 spiro atoms. The lowest BCUT2D eigenvalue weighted by molar-refractivity contribution is 0.0731. The van der Waals surface area contributed by atoms with Crippen LogP contribution in [0.4, 0.5) is 4.39 Å². The van der Waals surface area contributed by atoms with Gasteiger partial charge in [-0.3, -0.25) is 4.79 Å². The number of ether oxygens (including phenoxy) is 1. The molecule has 0 fully saturated rings. The third-order valence-electron chi connectivity index (χ3n) is 4.02. The molecule has 0 unspecified atom stereocenters. The second-order valence-corrected chi connectivity index (χ2v) is 5.96. The molecule has 134 valence electrons. The summed E-state index contributed by atoms with van der Waals surface area (Å²) in [5, 5.41) is 0.284. The summed E-state index contributed by atoms with van der Waals surface area (Å²) in [6.07, 6.45) is 1.42. The van der Waals surface area contributed by atoms with Gasteiger partial charge in [-0.15, -0.1) is 0 Å². The van der Waals surface area contributed by atoms with Crippen LogP contribution in [0.25, 0.3) is 22.5 Å². The van der Waals surface area contributed by atoms with Crippen LogP contribution < -0.4 is 10.2 Å². The SMILES string of the molecule is Cc1ccc2oc(-c3ccco3)c(OC(=O)c3ccc(F)cc3)c(=O)c2c1. The largest absolute Gasteiger partial charge is 0.461 e. The molecule has 2 aromatic heterocycles. The minimum atomic E-state index is -0.804. The van der Waals surface area contributed by atoms with Crippen LogP contribution >= 0.6 is 0 Å². The molecule has 0 atom stereocenters. The van der Waals surface area contributed by atoms with Gasteiger partial charge in [-0.2, -0.15) is 0 Å². The van der Waals surface area contributed by atoms with Crippen LogP contribution in [0.15, 0.2) is 74.5 Å². The first-order valence-electron chi connectivity index (χ1n) is 8.12. The zero-order valence-corrected chi connectivity index (χ0v) is 14.2. The first-order valence-corrected chi connectivity index (χ1v) is 8.12. The number of rotatable bonds is 3. The summed E-state index contributed by atoms with van der Waals surface area (Å²) in [4.78, 5) is 25.4. The number of halogens is 1.